The zero-order chi connectivity index (χ0) is 12.4. The molecule has 3 rings (SSSR count). The van der Waals surface area contributed by atoms with Crippen molar-refractivity contribution in [1.29, 1.82) is 0 Å². The Labute approximate surface area is 146 Å². The maximum absolute atomic E-state index is 2.49. The molecule has 0 bridgehead atoms. The van der Waals surface area contributed by atoms with Crippen LogP contribution in [-0.2, 0) is 22.8 Å². The molecule has 1 fully saturated rings. The predicted molar refractivity (Wildman–Crippen MR) is 89.8 cm³/mol. The van der Waals surface area contributed by atoms with Gasteiger partial charge in [0, 0.05) is 0 Å². The average molecular weight is 390 g/mol. The van der Waals surface area contributed by atoms with E-state index in [1.807, 2.05) is 6.49 Å². The van der Waals surface area contributed by atoms with Gasteiger partial charge in [-0.2, -0.15) is 0 Å². The summed E-state index contributed by atoms with van der Waals surface area (Å²) in [5.41, 5.74) is 4.78. The van der Waals surface area contributed by atoms with E-state index in [-0.39, 0.29) is 47.6 Å². The Morgan fingerprint density at radius 3 is 2.40 bits per heavy atom. The van der Waals surface area contributed by atoms with Crippen molar-refractivity contribution >= 4 is 28.0 Å². The van der Waals surface area contributed by atoms with Crippen molar-refractivity contribution in [3.05, 3.63) is 44.3 Å². The van der Waals surface area contributed by atoms with Gasteiger partial charge in [-0.15, -0.1) is 24.8 Å². The summed E-state index contributed by atoms with van der Waals surface area (Å²) in [6.45, 7) is 2.37. The van der Waals surface area contributed by atoms with E-state index in [2.05, 4.69) is 31.2 Å². The second-order valence-corrected chi connectivity index (χ2v) is 9.38. The molecule has 3 aliphatic carbocycles. The van der Waals surface area contributed by atoms with Crippen LogP contribution in [0.5, 0.6) is 0 Å². The minimum atomic E-state index is -0.370. The van der Waals surface area contributed by atoms with Gasteiger partial charge in [0.2, 0.25) is 0 Å². The van der Waals surface area contributed by atoms with Crippen LogP contribution >= 0.6 is 24.8 Å². The Kier molecular flexibility index (Phi) is 7.95. The van der Waals surface area contributed by atoms with Crippen LogP contribution in [-0.4, -0.2) is 3.21 Å². The van der Waals surface area contributed by atoms with E-state index in [1.165, 1.54) is 38.5 Å². The van der Waals surface area contributed by atoms with Gasteiger partial charge in [0.25, 0.3) is 0 Å². The maximum Gasteiger partial charge on any atom is -0.147 e. The molecule has 0 unspecified atom stereocenters. The Morgan fingerprint density at radius 2 is 1.75 bits per heavy atom. The van der Waals surface area contributed by atoms with Crippen molar-refractivity contribution in [2.24, 2.45) is 0 Å². The van der Waals surface area contributed by atoms with Gasteiger partial charge in [0.15, 0.2) is 0 Å². The molecule has 0 radical (unpaired) electrons. The van der Waals surface area contributed by atoms with Crippen LogP contribution in [0.15, 0.2) is 44.3 Å². The SMILES string of the molecule is CC1=[C]([Zr]=[C]2CCCCC2)CC=C1C1=CC=CC1.Cl.Cl. The quantitative estimate of drug-likeness (QED) is 0.582. The molecule has 3 aliphatic rings. The molecule has 3 heteroatoms. The van der Waals surface area contributed by atoms with Crippen LogP contribution in [0.4, 0.5) is 0 Å². The van der Waals surface area contributed by atoms with E-state index in [9.17, 15) is 0 Å². The third-order valence-electron chi connectivity index (χ3n) is 4.27. The molecule has 0 spiro atoms. The zero-order valence-corrected chi connectivity index (χ0v) is 16.2. The van der Waals surface area contributed by atoms with Crippen molar-refractivity contribution in [2.75, 3.05) is 0 Å². The molecule has 20 heavy (non-hydrogen) atoms. The van der Waals surface area contributed by atoms with E-state index >= 15 is 0 Å². The number of allylic oxidation sites excluding steroid dienone is 8. The summed E-state index contributed by atoms with van der Waals surface area (Å²) in [6, 6.07) is 0. The standard InChI is InChI=1S/C11H11.C6H10.2ClH.Zr/c1-9-5-4-8-11(9)10-6-2-3-7-10;1-2-4-6-5-3-1;;;/h2-3,6,8H,4,7H2,1H3;1-5H2;2*1H;. The van der Waals surface area contributed by atoms with Crippen LogP contribution in [0.3, 0.4) is 0 Å². The van der Waals surface area contributed by atoms with Gasteiger partial charge in [-0.25, -0.2) is 0 Å². The van der Waals surface area contributed by atoms with Crippen LogP contribution in [0.25, 0.3) is 0 Å². The second-order valence-electron chi connectivity index (χ2n) is 5.54. The molecule has 1 saturated carbocycles. The van der Waals surface area contributed by atoms with E-state index in [4.69, 9.17) is 0 Å². The summed E-state index contributed by atoms with van der Waals surface area (Å²) in [6.07, 6.45) is 19.0. The molecule has 0 aromatic heterocycles. The first-order chi connectivity index (χ1) is 8.84. The van der Waals surface area contributed by atoms with Crippen molar-refractivity contribution in [3.8, 4) is 0 Å². The maximum atomic E-state index is 2.49. The summed E-state index contributed by atoms with van der Waals surface area (Å²) in [5.74, 6) is 0. The van der Waals surface area contributed by atoms with Gasteiger partial charge in [0.05, 0.1) is 0 Å². The fourth-order valence-electron chi connectivity index (χ4n) is 3.15. The van der Waals surface area contributed by atoms with E-state index in [1.54, 1.807) is 16.7 Å². The summed E-state index contributed by atoms with van der Waals surface area (Å²) in [7, 11) is 0. The minimum Gasteiger partial charge on any atom is -0.147 e. The first-order valence-electron chi connectivity index (χ1n) is 7.22. The van der Waals surface area contributed by atoms with Crippen LogP contribution in [0.1, 0.15) is 51.9 Å². The Hall–Kier alpha value is 0.293. The van der Waals surface area contributed by atoms with Gasteiger partial charge < -0.3 is 0 Å². The molecule has 0 aromatic carbocycles. The number of hydrogen-bond donors (Lipinski definition) is 0. The Balaban J connectivity index is 0.000001000. The second kappa shape index (κ2) is 8.67. The fraction of sp³-hybridized carbons (Fsp3) is 0.471. The molecular weight excluding hydrogens is 366 g/mol. The summed E-state index contributed by atoms with van der Waals surface area (Å²) in [4.78, 5) is 0. The van der Waals surface area contributed by atoms with Gasteiger partial charge in [-0.3, -0.25) is 0 Å². The Morgan fingerprint density at radius 1 is 1.00 bits per heavy atom. The minimum absolute atomic E-state index is 0. The monoisotopic (exact) mass is 387 g/mol. The number of rotatable bonds is 2. The predicted octanol–water partition coefficient (Wildman–Crippen LogP) is 5.54. The first-order valence-corrected chi connectivity index (χ1v) is 9.68. The first kappa shape index (κ1) is 18.3. The summed E-state index contributed by atoms with van der Waals surface area (Å²) in [5, 5.41) is 0. The van der Waals surface area contributed by atoms with Crippen LogP contribution in [0, 0.1) is 0 Å². The molecule has 0 heterocycles. The molecule has 0 aromatic rings. The van der Waals surface area contributed by atoms with Gasteiger partial charge in [-0.1, -0.05) is 0 Å². The van der Waals surface area contributed by atoms with Gasteiger partial charge >= 0.3 is 122 Å². The average Bonchev–Trinajstić information content (AvgIpc) is 3.02. The van der Waals surface area contributed by atoms with Crippen molar-refractivity contribution in [2.45, 2.75) is 51.9 Å². The third kappa shape index (κ3) is 4.15. The van der Waals surface area contributed by atoms with E-state index < -0.39 is 0 Å². The molecule has 0 saturated heterocycles. The van der Waals surface area contributed by atoms with Crippen molar-refractivity contribution in [1.82, 2.24) is 0 Å². The van der Waals surface area contributed by atoms with Gasteiger partial charge in [-0.05, 0) is 0 Å². The third-order valence-corrected chi connectivity index (χ3v) is 8.53. The number of halogens is 2. The zero-order valence-electron chi connectivity index (χ0n) is 12.1. The largest absolute Gasteiger partial charge is 0.147 e. The Bertz CT molecular complexity index is 499. The molecule has 0 nitrogen and oxygen atoms in total. The normalized spacial score (nSPS) is 20.9. The van der Waals surface area contributed by atoms with E-state index in [0.717, 1.165) is 6.42 Å². The van der Waals surface area contributed by atoms with Crippen molar-refractivity contribution < 1.29 is 22.8 Å². The summed E-state index contributed by atoms with van der Waals surface area (Å²) >= 11 is -0.370. The summed E-state index contributed by atoms with van der Waals surface area (Å²) < 4.78 is 3.84. The van der Waals surface area contributed by atoms with E-state index in [0.29, 0.717) is 0 Å². The number of hydrogen-bond acceptors (Lipinski definition) is 0. The van der Waals surface area contributed by atoms with Crippen LogP contribution < -0.4 is 0 Å². The molecular formula is C17H23Cl2Zr. The van der Waals surface area contributed by atoms with Gasteiger partial charge in [0.1, 0.15) is 0 Å². The topological polar surface area (TPSA) is 0 Å². The molecule has 0 atom stereocenters. The van der Waals surface area contributed by atoms with Crippen LogP contribution in [0.2, 0.25) is 0 Å². The molecule has 0 aliphatic heterocycles. The smallest absolute Gasteiger partial charge is 0.147 e. The molecule has 0 N–H and O–H groups in total. The molecule has 0 amide bonds. The fourth-order valence-corrected chi connectivity index (χ4v) is 6.98. The van der Waals surface area contributed by atoms with Crippen molar-refractivity contribution in [3.63, 3.8) is 0 Å². The molecule has 109 valence electrons.